The highest BCUT2D eigenvalue weighted by Crippen LogP contribution is 2.38. The first-order valence-electron chi connectivity index (χ1n) is 10.9. The van der Waals surface area contributed by atoms with Crippen molar-refractivity contribution in [1.82, 2.24) is 0 Å². The molecule has 0 saturated heterocycles. The third-order valence-electron chi connectivity index (χ3n) is 5.57. The highest BCUT2D eigenvalue weighted by Gasteiger charge is 2.34. The van der Waals surface area contributed by atoms with Gasteiger partial charge >= 0.3 is 5.97 Å². The molecule has 4 rings (SSSR count). The number of ether oxygens (including phenoxy) is 2. The second-order valence-electron chi connectivity index (χ2n) is 7.79. The van der Waals surface area contributed by atoms with Gasteiger partial charge in [-0.05, 0) is 55.3 Å². The molecule has 3 aromatic carbocycles. The van der Waals surface area contributed by atoms with E-state index >= 15 is 0 Å². The molecule has 170 valence electrons. The first-order valence-corrected chi connectivity index (χ1v) is 10.9. The Morgan fingerprint density at radius 1 is 1.09 bits per heavy atom. The van der Waals surface area contributed by atoms with E-state index < -0.39 is 12.1 Å². The van der Waals surface area contributed by atoms with Crippen molar-refractivity contribution in [1.29, 1.82) is 0 Å². The second kappa shape index (κ2) is 9.75. The third kappa shape index (κ3) is 4.68. The number of rotatable bonds is 8. The van der Waals surface area contributed by atoms with Crippen molar-refractivity contribution in [2.75, 3.05) is 11.4 Å². The highest BCUT2D eigenvalue weighted by atomic mass is 16.5. The fourth-order valence-electron chi connectivity index (χ4n) is 3.87. The van der Waals surface area contributed by atoms with Crippen molar-refractivity contribution in [3.05, 3.63) is 83.4 Å². The summed E-state index contributed by atoms with van der Waals surface area (Å²) in [5.74, 6) is 0.0595. The average Bonchev–Trinajstić information content (AvgIpc) is 2.82. The van der Waals surface area contributed by atoms with E-state index in [0.29, 0.717) is 35.7 Å². The molecule has 1 heterocycles. The molecule has 7 nitrogen and oxygen atoms in total. The number of aromatic carboxylic acids is 1. The summed E-state index contributed by atoms with van der Waals surface area (Å²) >= 11 is 0. The molecule has 1 amide bonds. The third-order valence-corrected chi connectivity index (χ3v) is 5.57. The lowest BCUT2D eigenvalue weighted by Gasteiger charge is -2.34. The van der Waals surface area contributed by atoms with Crippen LogP contribution in [0.2, 0.25) is 0 Å². The standard InChI is InChI=1S/C26H26N2O5/c1-2-22-25(29)28(21-8-3-4-9-23(21)33-22)16-18-6-5-7-20(26(30)31)24(18)32-19-12-10-17(11-13-19)14-15-27/h3-13,22H,2,14-16,27H2,1H3,(H,30,31). The molecule has 33 heavy (non-hydrogen) atoms. The molecule has 0 saturated carbocycles. The van der Waals surface area contributed by atoms with Gasteiger partial charge in [0.05, 0.1) is 12.2 Å². The summed E-state index contributed by atoms with van der Waals surface area (Å²) in [6.45, 7) is 2.58. The molecular weight excluding hydrogens is 420 g/mol. The number of carboxylic acid groups (broad SMARTS) is 1. The Morgan fingerprint density at radius 3 is 2.55 bits per heavy atom. The molecule has 0 aromatic heterocycles. The molecule has 3 N–H and O–H groups in total. The minimum absolute atomic E-state index is 0.0274. The van der Waals surface area contributed by atoms with Crippen LogP contribution in [0.4, 0.5) is 5.69 Å². The molecule has 0 bridgehead atoms. The van der Waals surface area contributed by atoms with E-state index in [0.717, 1.165) is 12.0 Å². The monoisotopic (exact) mass is 446 g/mol. The zero-order chi connectivity index (χ0) is 23.4. The van der Waals surface area contributed by atoms with Crippen LogP contribution in [0.25, 0.3) is 0 Å². The smallest absolute Gasteiger partial charge is 0.339 e. The number of carboxylic acids is 1. The highest BCUT2D eigenvalue weighted by molar-refractivity contribution is 6.00. The minimum Gasteiger partial charge on any atom is -0.478 e. The van der Waals surface area contributed by atoms with E-state index in [9.17, 15) is 14.7 Å². The van der Waals surface area contributed by atoms with Crippen molar-refractivity contribution >= 4 is 17.6 Å². The number of carbonyl (C=O) groups is 2. The predicted octanol–water partition coefficient (Wildman–Crippen LogP) is 4.38. The van der Waals surface area contributed by atoms with Crippen LogP contribution in [0.3, 0.4) is 0 Å². The minimum atomic E-state index is -1.10. The molecular formula is C26H26N2O5. The van der Waals surface area contributed by atoms with Crippen LogP contribution in [-0.2, 0) is 17.8 Å². The van der Waals surface area contributed by atoms with Gasteiger partial charge in [0.2, 0.25) is 0 Å². The largest absolute Gasteiger partial charge is 0.478 e. The van der Waals surface area contributed by atoms with Crippen molar-refractivity contribution in [3.8, 4) is 17.2 Å². The molecule has 1 aliphatic heterocycles. The van der Waals surface area contributed by atoms with Gasteiger partial charge in [0.1, 0.15) is 22.8 Å². The molecule has 1 unspecified atom stereocenters. The van der Waals surface area contributed by atoms with Crippen LogP contribution >= 0.6 is 0 Å². The zero-order valence-corrected chi connectivity index (χ0v) is 18.4. The summed E-state index contributed by atoms with van der Waals surface area (Å²) in [6.07, 6.45) is 0.674. The predicted molar refractivity (Wildman–Crippen MR) is 125 cm³/mol. The molecule has 0 fully saturated rings. The van der Waals surface area contributed by atoms with E-state index in [1.54, 1.807) is 29.2 Å². The first kappa shape index (κ1) is 22.4. The number of carbonyl (C=O) groups excluding carboxylic acids is 1. The van der Waals surface area contributed by atoms with Crippen molar-refractivity contribution in [2.45, 2.75) is 32.4 Å². The van der Waals surface area contributed by atoms with Crippen LogP contribution < -0.4 is 20.1 Å². The Balaban J connectivity index is 1.71. The molecule has 0 aliphatic carbocycles. The van der Waals surface area contributed by atoms with Gasteiger partial charge < -0.3 is 25.2 Å². The molecule has 1 aliphatic rings. The van der Waals surface area contributed by atoms with Crippen LogP contribution in [0.15, 0.2) is 66.7 Å². The number of anilines is 1. The molecule has 1 atom stereocenters. The normalized spacial score (nSPS) is 15.0. The molecule has 0 radical (unpaired) electrons. The zero-order valence-electron chi connectivity index (χ0n) is 18.4. The van der Waals surface area contributed by atoms with Crippen molar-refractivity contribution < 1.29 is 24.2 Å². The van der Waals surface area contributed by atoms with Crippen molar-refractivity contribution in [3.63, 3.8) is 0 Å². The maximum atomic E-state index is 13.1. The summed E-state index contributed by atoms with van der Waals surface area (Å²) in [5, 5.41) is 9.78. The molecule has 3 aromatic rings. The molecule has 0 spiro atoms. The van der Waals surface area contributed by atoms with Crippen LogP contribution in [-0.4, -0.2) is 29.6 Å². The number of benzene rings is 3. The Kier molecular flexibility index (Phi) is 6.60. The number of hydrogen-bond acceptors (Lipinski definition) is 5. The number of nitrogens with two attached hydrogens (primary N) is 1. The van der Waals surface area contributed by atoms with Gasteiger partial charge in [-0.3, -0.25) is 4.79 Å². The Bertz CT molecular complexity index is 1160. The number of nitrogens with zero attached hydrogens (tertiary/aromatic N) is 1. The number of para-hydroxylation sites is 3. The molecule has 7 heteroatoms. The van der Waals surface area contributed by atoms with Crippen molar-refractivity contribution in [2.24, 2.45) is 5.73 Å². The fraction of sp³-hybridized carbons (Fsp3) is 0.231. The van der Waals surface area contributed by atoms with E-state index in [2.05, 4.69) is 0 Å². The fourth-order valence-corrected chi connectivity index (χ4v) is 3.87. The van der Waals surface area contributed by atoms with Crippen LogP contribution in [0, 0.1) is 0 Å². The van der Waals surface area contributed by atoms with Crippen LogP contribution in [0.1, 0.15) is 34.8 Å². The SMILES string of the molecule is CCC1Oc2ccccc2N(Cc2cccc(C(=O)O)c2Oc2ccc(CCN)cc2)C1=O. The van der Waals surface area contributed by atoms with Gasteiger partial charge in [0.25, 0.3) is 5.91 Å². The summed E-state index contributed by atoms with van der Waals surface area (Å²) in [5.41, 5.74) is 7.93. The Hall–Kier alpha value is -3.84. The Labute approximate surface area is 192 Å². The topological polar surface area (TPSA) is 102 Å². The van der Waals surface area contributed by atoms with Gasteiger partial charge in [-0.15, -0.1) is 0 Å². The van der Waals surface area contributed by atoms with Gasteiger partial charge in [0.15, 0.2) is 6.10 Å². The maximum absolute atomic E-state index is 13.1. The van der Waals surface area contributed by atoms with Gasteiger partial charge in [-0.25, -0.2) is 4.79 Å². The van der Waals surface area contributed by atoms with Gasteiger partial charge in [0, 0.05) is 5.56 Å². The number of amides is 1. The number of hydrogen-bond donors (Lipinski definition) is 2. The first-order chi connectivity index (χ1) is 16.0. The summed E-state index contributed by atoms with van der Waals surface area (Å²) < 4.78 is 11.9. The maximum Gasteiger partial charge on any atom is 0.339 e. The number of fused-ring (bicyclic) bond motifs is 1. The Morgan fingerprint density at radius 2 is 1.85 bits per heavy atom. The lowest BCUT2D eigenvalue weighted by atomic mass is 10.1. The lowest BCUT2D eigenvalue weighted by molar-refractivity contribution is -0.126. The second-order valence-corrected chi connectivity index (χ2v) is 7.79. The van der Waals surface area contributed by atoms with E-state index in [1.165, 1.54) is 6.07 Å². The summed E-state index contributed by atoms with van der Waals surface area (Å²) in [6, 6.07) is 19.6. The van der Waals surface area contributed by atoms with E-state index in [4.69, 9.17) is 15.2 Å². The van der Waals surface area contributed by atoms with Crippen LogP contribution in [0.5, 0.6) is 17.2 Å². The average molecular weight is 447 g/mol. The van der Waals surface area contributed by atoms with Gasteiger partial charge in [-0.1, -0.05) is 43.3 Å². The van der Waals surface area contributed by atoms with E-state index in [-0.39, 0.29) is 23.8 Å². The lowest BCUT2D eigenvalue weighted by Crippen LogP contribution is -2.45. The van der Waals surface area contributed by atoms with E-state index in [1.807, 2.05) is 43.3 Å². The quantitative estimate of drug-likeness (QED) is 0.532. The summed E-state index contributed by atoms with van der Waals surface area (Å²) in [7, 11) is 0. The summed E-state index contributed by atoms with van der Waals surface area (Å²) in [4.78, 5) is 26.7. The van der Waals surface area contributed by atoms with Gasteiger partial charge in [-0.2, -0.15) is 0 Å².